The molecule has 3 aromatic rings. The zero-order chi connectivity index (χ0) is 20.3. The highest BCUT2D eigenvalue weighted by Crippen LogP contribution is 2.28. The number of nitrogens with zero attached hydrogens (tertiary/aromatic N) is 1. The third kappa shape index (κ3) is 4.94. The van der Waals surface area contributed by atoms with Crippen LogP contribution in [0.2, 0.25) is 0 Å². The van der Waals surface area contributed by atoms with Gasteiger partial charge in [-0.05, 0) is 56.0 Å². The van der Waals surface area contributed by atoms with E-state index in [2.05, 4.69) is 50.0 Å². The van der Waals surface area contributed by atoms with Crippen molar-refractivity contribution in [2.45, 2.75) is 59.7 Å². The summed E-state index contributed by atoms with van der Waals surface area (Å²) in [5.74, 6) is 2.93. The topological polar surface area (TPSA) is 44.5 Å². The van der Waals surface area contributed by atoms with Crippen molar-refractivity contribution in [1.82, 2.24) is 4.98 Å². The van der Waals surface area contributed by atoms with Gasteiger partial charge in [-0.15, -0.1) is 0 Å². The van der Waals surface area contributed by atoms with Gasteiger partial charge in [0.15, 0.2) is 0 Å². The van der Waals surface area contributed by atoms with Crippen LogP contribution in [-0.2, 0) is 12.0 Å². The fourth-order valence-electron chi connectivity index (χ4n) is 2.86. The molecule has 3 rings (SSSR count). The van der Waals surface area contributed by atoms with Gasteiger partial charge in [-0.3, -0.25) is 0 Å². The average molecular weight is 380 g/mol. The quantitative estimate of drug-likeness (QED) is 0.503. The molecule has 0 unspecified atom stereocenters. The first-order valence-corrected chi connectivity index (χ1v) is 9.69. The lowest BCUT2D eigenvalue weighted by Crippen LogP contribution is -2.10. The first-order chi connectivity index (χ1) is 13.2. The summed E-state index contributed by atoms with van der Waals surface area (Å²) in [6.07, 6.45) is 0.125. The molecule has 0 saturated carbocycles. The molecule has 0 aliphatic carbocycles. The Balaban J connectivity index is 1.71. The summed E-state index contributed by atoms with van der Waals surface area (Å²) >= 11 is 0. The molecule has 0 bridgehead atoms. The van der Waals surface area contributed by atoms with E-state index in [1.54, 1.807) is 0 Å². The number of benzene rings is 2. The smallest absolute Gasteiger partial charge is 0.226 e. The highest BCUT2D eigenvalue weighted by Gasteiger charge is 2.16. The summed E-state index contributed by atoms with van der Waals surface area (Å²) in [6.45, 7) is 12.9. The lowest BCUT2D eigenvalue weighted by atomic mass is 9.87. The van der Waals surface area contributed by atoms with Gasteiger partial charge in [-0.2, -0.15) is 0 Å². The Hall–Kier alpha value is -2.75. The molecule has 4 nitrogen and oxygen atoms in total. The summed E-state index contributed by atoms with van der Waals surface area (Å²) in [5.41, 5.74) is 3.17. The highest BCUT2D eigenvalue weighted by atomic mass is 16.5. The predicted molar refractivity (Wildman–Crippen MR) is 112 cm³/mol. The number of oxazole rings is 1. The second-order valence-corrected chi connectivity index (χ2v) is 8.28. The van der Waals surface area contributed by atoms with Gasteiger partial charge in [-0.25, -0.2) is 4.98 Å². The van der Waals surface area contributed by atoms with Crippen LogP contribution < -0.4 is 9.47 Å². The van der Waals surface area contributed by atoms with Gasteiger partial charge in [0.2, 0.25) is 5.89 Å². The minimum absolute atomic E-state index is 0.123. The standard InChI is InChI=1S/C24H29NO3/c1-16(2)27-21-9-7-8-20(14-21)26-15-22-17(3)28-23(25-22)18-10-12-19(13-11-18)24(4,5)6/h7-14,16H,15H2,1-6H3. The number of rotatable bonds is 6. The molecule has 0 amide bonds. The van der Waals surface area contributed by atoms with E-state index in [1.807, 2.05) is 45.0 Å². The molecule has 1 aromatic heterocycles. The molecule has 2 aromatic carbocycles. The maximum Gasteiger partial charge on any atom is 0.226 e. The summed E-state index contributed by atoms with van der Waals surface area (Å²) in [7, 11) is 0. The average Bonchev–Trinajstić information content (AvgIpc) is 3.00. The zero-order valence-corrected chi connectivity index (χ0v) is 17.6. The Morgan fingerprint density at radius 2 is 1.68 bits per heavy atom. The van der Waals surface area contributed by atoms with Crippen molar-refractivity contribution >= 4 is 0 Å². The van der Waals surface area contributed by atoms with Crippen molar-refractivity contribution in [2.24, 2.45) is 0 Å². The van der Waals surface area contributed by atoms with Crippen molar-refractivity contribution in [1.29, 1.82) is 0 Å². The van der Waals surface area contributed by atoms with Crippen molar-refractivity contribution in [3.05, 3.63) is 65.5 Å². The largest absolute Gasteiger partial charge is 0.491 e. The number of aryl methyl sites for hydroxylation is 1. The van der Waals surface area contributed by atoms with E-state index in [9.17, 15) is 0 Å². The molecule has 1 heterocycles. The predicted octanol–water partition coefficient (Wildman–Crippen LogP) is 6.31. The lowest BCUT2D eigenvalue weighted by Gasteiger charge is -2.18. The lowest BCUT2D eigenvalue weighted by molar-refractivity contribution is 0.239. The molecule has 0 N–H and O–H groups in total. The van der Waals surface area contributed by atoms with Crippen LogP contribution in [0, 0.1) is 6.92 Å². The molecule has 0 aliphatic rings. The van der Waals surface area contributed by atoms with Gasteiger partial charge in [0.05, 0.1) is 6.10 Å². The van der Waals surface area contributed by atoms with Crippen LogP contribution in [0.3, 0.4) is 0 Å². The fraction of sp³-hybridized carbons (Fsp3) is 0.375. The monoisotopic (exact) mass is 379 g/mol. The van der Waals surface area contributed by atoms with Crippen molar-refractivity contribution in [2.75, 3.05) is 0 Å². The number of hydrogen-bond acceptors (Lipinski definition) is 4. The van der Waals surface area contributed by atoms with Gasteiger partial charge in [0.25, 0.3) is 0 Å². The van der Waals surface area contributed by atoms with Crippen LogP contribution in [0.1, 0.15) is 51.6 Å². The Kier molecular flexibility index (Phi) is 5.78. The molecule has 0 aliphatic heterocycles. The molecule has 4 heteroatoms. The van der Waals surface area contributed by atoms with Gasteiger partial charge in [-0.1, -0.05) is 39.0 Å². The molecule has 0 radical (unpaired) electrons. The number of ether oxygens (including phenoxy) is 2. The maximum atomic E-state index is 5.91. The molecular weight excluding hydrogens is 350 g/mol. The Morgan fingerprint density at radius 3 is 2.32 bits per heavy atom. The van der Waals surface area contributed by atoms with E-state index in [0.717, 1.165) is 28.5 Å². The normalized spacial score (nSPS) is 11.7. The molecule has 0 saturated heterocycles. The van der Waals surface area contributed by atoms with Crippen LogP contribution in [0.5, 0.6) is 11.5 Å². The second kappa shape index (κ2) is 8.09. The SMILES string of the molecule is Cc1oc(-c2ccc(C(C)(C)C)cc2)nc1COc1cccc(OC(C)C)c1. The van der Waals surface area contributed by atoms with Crippen LogP contribution >= 0.6 is 0 Å². The maximum absolute atomic E-state index is 5.91. The van der Waals surface area contributed by atoms with Crippen LogP contribution in [0.15, 0.2) is 52.9 Å². The molecule has 0 fully saturated rings. The Morgan fingerprint density at radius 1 is 1.00 bits per heavy atom. The first-order valence-electron chi connectivity index (χ1n) is 9.69. The van der Waals surface area contributed by atoms with Gasteiger partial charge in [0.1, 0.15) is 29.6 Å². The zero-order valence-electron chi connectivity index (χ0n) is 17.6. The molecule has 28 heavy (non-hydrogen) atoms. The van der Waals surface area contributed by atoms with Crippen molar-refractivity contribution < 1.29 is 13.9 Å². The van der Waals surface area contributed by atoms with Crippen LogP contribution in [-0.4, -0.2) is 11.1 Å². The minimum atomic E-state index is 0.123. The van der Waals surface area contributed by atoms with Crippen molar-refractivity contribution in [3.8, 4) is 23.0 Å². The molecular formula is C24H29NO3. The molecule has 0 spiro atoms. The second-order valence-electron chi connectivity index (χ2n) is 8.28. The molecule has 148 valence electrons. The van der Waals surface area contributed by atoms with Gasteiger partial charge < -0.3 is 13.9 Å². The summed E-state index contributed by atoms with van der Waals surface area (Å²) in [6, 6.07) is 16.0. The van der Waals surface area contributed by atoms with E-state index in [4.69, 9.17) is 13.9 Å². The van der Waals surface area contributed by atoms with Crippen molar-refractivity contribution in [3.63, 3.8) is 0 Å². The number of hydrogen-bond donors (Lipinski definition) is 0. The highest BCUT2D eigenvalue weighted by molar-refractivity contribution is 5.54. The van der Waals surface area contributed by atoms with E-state index in [-0.39, 0.29) is 11.5 Å². The van der Waals surface area contributed by atoms with Gasteiger partial charge >= 0.3 is 0 Å². The van der Waals surface area contributed by atoms with E-state index in [1.165, 1.54) is 5.56 Å². The van der Waals surface area contributed by atoms with Gasteiger partial charge in [0, 0.05) is 11.6 Å². The van der Waals surface area contributed by atoms with E-state index in [0.29, 0.717) is 12.5 Å². The minimum Gasteiger partial charge on any atom is -0.491 e. The summed E-state index contributed by atoms with van der Waals surface area (Å²) < 4.78 is 17.5. The third-order valence-corrected chi connectivity index (χ3v) is 4.44. The Labute approximate surface area is 167 Å². The third-order valence-electron chi connectivity index (χ3n) is 4.44. The van der Waals surface area contributed by atoms with Crippen LogP contribution in [0.4, 0.5) is 0 Å². The van der Waals surface area contributed by atoms with E-state index >= 15 is 0 Å². The Bertz CT molecular complexity index is 918. The first kappa shape index (κ1) is 20.0. The number of aromatic nitrogens is 1. The summed E-state index contributed by atoms with van der Waals surface area (Å²) in [5, 5.41) is 0. The fourth-order valence-corrected chi connectivity index (χ4v) is 2.86. The molecule has 0 atom stereocenters. The van der Waals surface area contributed by atoms with Crippen LogP contribution in [0.25, 0.3) is 11.5 Å². The van der Waals surface area contributed by atoms with E-state index < -0.39 is 0 Å². The summed E-state index contributed by atoms with van der Waals surface area (Å²) in [4.78, 5) is 4.63.